The van der Waals surface area contributed by atoms with Gasteiger partial charge in [-0.3, -0.25) is 4.79 Å². The highest BCUT2D eigenvalue weighted by molar-refractivity contribution is 8.09. The molecule has 0 aliphatic heterocycles. The third-order valence-corrected chi connectivity index (χ3v) is 5.98. The average molecular weight is 354 g/mol. The van der Waals surface area contributed by atoms with Gasteiger partial charge in [-0.05, 0) is 38.1 Å². The summed E-state index contributed by atoms with van der Waals surface area (Å²) in [5, 5.41) is -1.41. The Kier molecular flexibility index (Phi) is 4.69. The van der Waals surface area contributed by atoms with Crippen LogP contribution in [0, 0.1) is 13.8 Å². The van der Waals surface area contributed by atoms with E-state index in [0.717, 1.165) is 11.1 Å². The quantitative estimate of drug-likeness (QED) is 0.835. The van der Waals surface area contributed by atoms with Gasteiger partial charge in [-0.25, -0.2) is 0 Å². The Hall–Kier alpha value is -2.03. The highest BCUT2D eigenvalue weighted by Gasteiger charge is 2.32. The molecule has 0 saturated carbocycles. The van der Waals surface area contributed by atoms with E-state index in [2.05, 4.69) is 3.63 Å². The van der Waals surface area contributed by atoms with E-state index in [0.29, 0.717) is 0 Å². The van der Waals surface area contributed by atoms with Crippen LogP contribution in [0.2, 0.25) is 0 Å². The summed E-state index contributed by atoms with van der Waals surface area (Å²) in [7, 11) is -9.57. The van der Waals surface area contributed by atoms with Crippen LogP contribution in [0.5, 0.6) is 0 Å². The van der Waals surface area contributed by atoms with Gasteiger partial charge in [-0.2, -0.15) is 16.8 Å². The molecule has 122 valence electrons. The van der Waals surface area contributed by atoms with Crippen LogP contribution >= 0.6 is 0 Å². The average Bonchev–Trinajstić information content (AvgIpc) is 2.46. The monoisotopic (exact) mass is 354 g/mol. The van der Waals surface area contributed by atoms with E-state index >= 15 is 0 Å². The number of rotatable bonds is 4. The molecular weight excluding hydrogens is 340 g/mol. The fourth-order valence-electron chi connectivity index (χ4n) is 1.73. The van der Waals surface area contributed by atoms with E-state index in [1.807, 2.05) is 0 Å². The molecule has 0 heterocycles. The zero-order valence-corrected chi connectivity index (χ0v) is 14.0. The smallest absolute Gasteiger partial charge is 0.273 e. The van der Waals surface area contributed by atoms with E-state index in [1.165, 1.54) is 48.5 Å². The third-order valence-electron chi connectivity index (χ3n) is 3.00. The lowest BCUT2D eigenvalue weighted by atomic mass is 10.2. The first kappa shape index (κ1) is 17.3. The molecule has 23 heavy (non-hydrogen) atoms. The summed E-state index contributed by atoms with van der Waals surface area (Å²) >= 11 is 0. The first-order valence-electron chi connectivity index (χ1n) is 6.51. The van der Waals surface area contributed by atoms with Crippen molar-refractivity contribution in [3.05, 3.63) is 65.2 Å². The SMILES string of the molecule is Cc1ccc(C(=O)S(=O)(=O)OS(=O)(=O)c2ccc(C)cc2)cc1. The molecule has 2 aromatic carbocycles. The van der Waals surface area contributed by atoms with Crippen LogP contribution < -0.4 is 0 Å². The minimum absolute atomic E-state index is 0.172. The zero-order valence-electron chi connectivity index (χ0n) is 12.4. The van der Waals surface area contributed by atoms with Gasteiger partial charge in [-0.15, -0.1) is 3.63 Å². The van der Waals surface area contributed by atoms with E-state index in [-0.39, 0.29) is 10.5 Å². The van der Waals surface area contributed by atoms with Crippen molar-refractivity contribution in [3.63, 3.8) is 0 Å². The van der Waals surface area contributed by atoms with E-state index in [1.54, 1.807) is 13.8 Å². The predicted molar refractivity (Wildman–Crippen MR) is 83.9 cm³/mol. The van der Waals surface area contributed by atoms with Gasteiger partial charge in [0.05, 0.1) is 4.90 Å². The molecule has 0 atom stereocenters. The predicted octanol–water partition coefficient (Wildman–Crippen LogP) is 2.18. The molecule has 0 saturated heterocycles. The molecule has 0 bridgehead atoms. The molecule has 0 fully saturated rings. The van der Waals surface area contributed by atoms with Crippen LogP contribution in [-0.4, -0.2) is 22.0 Å². The largest absolute Gasteiger partial charge is 0.350 e. The van der Waals surface area contributed by atoms with Crippen molar-refractivity contribution in [3.8, 4) is 0 Å². The zero-order chi connectivity index (χ0) is 17.3. The lowest BCUT2D eigenvalue weighted by Crippen LogP contribution is -2.22. The molecule has 0 aliphatic rings. The number of hydrogen-bond acceptors (Lipinski definition) is 6. The summed E-state index contributed by atoms with van der Waals surface area (Å²) in [5.41, 5.74) is 1.45. The summed E-state index contributed by atoms with van der Waals surface area (Å²) in [6.07, 6.45) is 0. The third kappa shape index (κ3) is 4.04. The lowest BCUT2D eigenvalue weighted by Gasteiger charge is -2.06. The van der Waals surface area contributed by atoms with Crippen LogP contribution in [0.25, 0.3) is 0 Å². The topological polar surface area (TPSA) is 94.6 Å². The maximum atomic E-state index is 12.0. The van der Waals surface area contributed by atoms with Crippen LogP contribution in [0.15, 0.2) is 53.4 Å². The number of aryl methyl sites for hydroxylation is 2. The molecule has 0 amide bonds. The van der Waals surface area contributed by atoms with Crippen LogP contribution in [-0.2, 0) is 23.9 Å². The molecule has 6 nitrogen and oxygen atoms in total. The van der Waals surface area contributed by atoms with Crippen molar-refractivity contribution in [1.29, 1.82) is 0 Å². The van der Waals surface area contributed by atoms with Gasteiger partial charge in [0, 0.05) is 5.56 Å². The van der Waals surface area contributed by atoms with Crippen LogP contribution in [0.4, 0.5) is 0 Å². The van der Waals surface area contributed by atoms with Gasteiger partial charge in [0.2, 0.25) is 0 Å². The Morgan fingerprint density at radius 3 is 1.70 bits per heavy atom. The number of carbonyl (C=O) groups is 1. The summed E-state index contributed by atoms with van der Waals surface area (Å²) in [5.74, 6) is 0. The Balaban J connectivity index is 2.31. The maximum absolute atomic E-state index is 12.0. The standard InChI is InChI=1S/C15H14O6S2/c1-11-3-7-13(8-4-11)15(16)23(19,20)21-22(17,18)14-9-5-12(2)6-10-14/h3-10H,1-2H3. The Labute approximate surface area is 135 Å². The summed E-state index contributed by atoms with van der Waals surface area (Å²) in [4.78, 5) is 11.6. The first-order chi connectivity index (χ1) is 10.6. The molecule has 8 heteroatoms. The molecule has 0 unspecified atom stereocenters. The first-order valence-corrected chi connectivity index (χ1v) is 9.32. The fraction of sp³-hybridized carbons (Fsp3) is 0.133. The summed E-state index contributed by atoms with van der Waals surface area (Å²) < 4.78 is 52.0. The van der Waals surface area contributed by atoms with Gasteiger partial charge in [0.1, 0.15) is 0 Å². The van der Waals surface area contributed by atoms with Crippen LogP contribution in [0.3, 0.4) is 0 Å². The highest BCUT2D eigenvalue weighted by Crippen LogP contribution is 2.18. The van der Waals surface area contributed by atoms with Gasteiger partial charge in [0.15, 0.2) is 0 Å². The van der Waals surface area contributed by atoms with Crippen molar-refractivity contribution >= 4 is 25.4 Å². The molecule has 0 radical (unpaired) electrons. The Morgan fingerprint density at radius 2 is 1.22 bits per heavy atom. The number of carbonyl (C=O) groups excluding carboxylic acids is 1. The van der Waals surface area contributed by atoms with Gasteiger partial charge in [0.25, 0.3) is 0 Å². The molecule has 0 aliphatic carbocycles. The van der Waals surface area contributed by atoms with E-state index in [9.17, 15) is 21.6 Å². The normalized spacial score (nSPS) is 12.1. The Morgan fingerprint density at radius 1 is 0.783 bits per heavy atom. The summed E-state index contributed by atoms with van der Waals surface area (Å²) in [6.45, 7) is 3.51. The lowest BCUT2D eigenvalue weighted by molar-refractivity contribution is 0.106. The molecule has 0 aromatic heterocycles. The van der Waals surface area contributed by atoms with Crippen molar-refractivity contribution in [2.24, 2.45) is 0 Å². The number of hydrogen-bond donors (Lipinski definition) is 0. The van der Waals surface area contributed by atoms with Gasteiger partial charge < -0.3 is 0 Å². The van der Waals surface area contributed by atoms with Crippen molar-refractivity contribution in [2.75, 3.05) is 0 Å². The van der Waals surface area contributed by atoms with Crippen LogP contribution in [0.1, 0.15) is 21.5 Å². The second kappa shape index (κ2) is 6.23. The fourth-order valence-corrected chi connectivity index (χ4v) is 4.13. The van der Waals surface area contributed by atoms with E-state index < -0.39 is 25.4 Å². The molecular formula is C15H14O6S2. The molecule has 0 N–H and O–H groups in total. The molecule has 0 spiro atoms. The maximum Gasteiger partial charge on any atom is 0.350 e. The van der Waals surface area contributed by atoms with Crippen molar-refractivity contribution in [2.45, 2.75) is 18.7 Å². The highest BCUT2D eigenvalue weighted by atomic mass is 32.3. The number of benzene rings is 2. The van der Waals surface area contributed by atoms with Crippen molar-refractivity contribution in [1.82, 2.24) is 0 Å². The van der Waals surface area contributed by atoms with Gasteiger partial charge in [-0.1, -0.05) is 35.4 Å². The second-order valence-electron chi connectivity index (χ2n) is 4.94. The minimum Gasteiger partial charge on any atom is -0.273 e. The second-order valence-corrected chi connectivity index (χ2v) is 8.15. The minimum atomic E-state index is -4.97. The Bertz CT molecular complexity index is 924. The van der Waals surface area contributed by atoms with Gasteiger partial charge >= 0.3 is 25.4 Å². The van der Waals surface area contributed by atoms with E-state index in [4.69, 9.17) is 0 Å². The van der Waals surface area contributed by atoms with Crippen molar-refractivity contribution < 1.29 is 25.3 Å². The molecule has 2 aromatic rings. The molecule has 2 rings (SSSR count). The summed E-state index contributed by atoms with van der Waals surface area (Å²) in [6, 6.07) is 11.0.